The number of ketones is 1. The SMILES string of the molecule is C=CCOc1cc(OCC=C)c(C(=O)c2ccc(OC)cc2)c(C(CC)C(=O)O)c1. The summed E-state index contributed by atoms with van der Waals surface area (Å²) in [7, 11) is 1.54. The minimum atomic E-state index is -1.03. The largest absolute Gasteiger partial charge is 0.497 e. The van der Waals surface area contributed by atoms with Crippen molar-refractivity contribution in [3.05, 3.63) is 78.4 Å². The Labute approximate surface area is 176 Å². The average Bonchev–Trinajstić information content (AvgIpc) is 2.76. The third-order valence-electron chi connectivity index (χ3n) is 4.49. The van der Waals surface area contributed by atoms with Crippen molar-refractivity contribution < 1.29 is 28.9 Å². The van der Waals surface area contributed by atoms with E-state index in [2.05, 4.69) is 13.2 Å². The van der Waals surface area contributed by atoms with E-state index in [1.807, 2.05) is 0 Å². The second-order valence-corrected chi connectivity index (χ2v) is 6.44. The van der Waals surface area contributed by atoms with Crippen molar-refractivity contribution in [2.24, 2.45) is 0 Å². The zero-order valence-corrected chi connectivity index (χ0v) is 17.2. The minimum absolute atomic E-state index is 0.150. The van der Waals surface area contributed by atoms with E-state index in [0.29, 0.717) is 29.0 Å². The highest BCUT2D eigenvalue weighted by Gasteiger charge is 2.29. The summed E-state index contributed by atoms with van der Waals surface area (Å²) in [6.45, 7) is 9.39. The lowest BCUT2D eigenvalue weighted by Crippen LogP contribution is -2.17. The summed E-state index contributed by atoms with van der Waals surface area (Å²) in [6, 6.07) is 9.78. The van der Waals surface area contributed by atoms with Gasteiger partial charge in [0.1, 0.15) is 30.5 Å². The zero-order chi connectivity index (χ0) is 22.1. The number of carbonyl (C=O) groups is 2. The number of hydrogen-bond donors (Lipinski definition) is 1. The fraction of sp³-hybridized carbons (Fsp3) is 0.250. The summed E-state index contributed by atoms with van der Waals surface area (Å²) >= 11 is 0. The lowest BCUT2D eigenvalue weighted by atomic mass is 9.87. The van der Waals surface area contributed by atoms with Gasteiger partial charge in [0.25, 0.3) is 0 Å². The fourth-order valence-corrected chi connectivity index (χ4v) is 3.04. The first kappa shape index (κ1) is 22.7. The van der Waals surface area contributed by atoms with Crippen LogP contribution in [0.2, 0.25) is 0 Å². The molecule has 0 aromatic heterocycles. The van der Waals surface area contributed by atoms with Crippen LogP contribution in [0, 0.1) is 0 Å². The molecule has 2 aromatic rings. The second-order valence-electron chi connectivity index (χ2n) is 6.44. The van der Waals surface area contributed by atoms with Crippen LogP contribution in [0.25, 0.3) is 0 Å². The zero-order valence-electron chi connectivity index (χ0n) is 17.2. The lowest BCUT2D eigenvalue weighted by molar-refractivity contribution is -0.138. The van der Waals surface area contributed by atoms with Gasteiger partial charge in [0.05, 0.1) is 18.6 Å². The maximum Gasteiger partial charge on any atom is 0.310 e. The van der Waals surface area contributed by atoms with E-state index in [-0.39, 0.29) is 30.3 Å². The van der Waals surface area contributed by atoms with Crippen LogP contribution < -0.4 is 14.2 Å². The van der Waals surface area contributed by atoms with E-state index in [4.69, 9.17) is 14.2 Å². The molecule has 0 bridgehead atoms. The van der Waals surface area contributed by atoms with Crippen molar-refractivity contribution in [1.82, 2.24) is 0 Å². The number of hydrogen-bond acceptors (Lipinski definition) is 5. The van der Waals surface area contributed by atoms with Crippen molar-refractivity contribution in [3.8, 4) is 17.2 Å². The van der Waals surface area contributed by atoms with Crippen molar-refractivity contribution in [2.75, 3.05) is 20.3 Å². The molecule has 0 heterocycles. The van der Waals surface area contributed by atoms with Crippen LogP contribution in [-0.2, 0) is 4.79 Å². The molecule has 1 atom stereocenters. The molecule has 0 radical (unpaired) electrons. The van der Waals surface area contributed by atoms with Crippen molar-refractivity contribution in [2.45, 2.75) is 19.3 Å². The summed E-state index contributed by atoms with van der Waals surface area (Å²) < 4.78 is 16.5. The Balaban J connectivity index is 2.70. The molecule has 0 aliphatic carbocycles. The van der Waals surface area contributed by atoms with Gasteiger partial charge >= 0.3 is 5.97 Å². The molecule has 0 amide bonds. The van der Waals surface area contributed by atoms with E-state index >= 15 is 0 Å². The average molecular weight is 410 g/mol. The van der Waals surface area contributed by atoms with Crippen LogP contribution in [0.15, 0.2) is 61.7 Å². The predicted octanol–water partition coefficient (Wildman–Crippen LogP) is 4.63. The molecule has 2 rings (SSSR count). The molecule has 0 fully saturated rings. The van der Waals surface area contributed by atoms with Crippen LogP contribution in [0.4, 0.5) is 0 Å². The number of aliphatic carboxylic acids is 1. The molecule has 0 saturated carbocycles. The molecule has 0 aliphatic heterocycles. The second kappa shape index (κ2) is 10.9. The van der Waals surface area contributed by atoms with Gasteiger partial charge in [0.2, 0.25) is 0 Å². The third kappa shape index (κ3) is 5.29. The van der Waals surface area contributed by atoms with Gasteiger partial charge in [-0.15, -0.1) is 0 Å². The fourth-order valence-electron chi connectivity index (χ4n) is 3.04. The molecule has 1 N–H and O–H groups in total. The summed E-state index contributed by atoms with van der Waals surface area (Å²) in [5, 5.41) is 9.76. The van der Waals surface area contributed by atoms with Gasteiger partial charge in [0, 0.05) is 11.6 Å². The van der Waals surface area contributed by atoms with Crippen LogP contribution in [0.5, 0.6) is 17.2 Å². The summed E-state index contributed by atoms with van der Waals surface area (Å²) in [5.41, 5.74) is 0.925. The van der Waals surface area contributed by atoms with E-state index < -0.39 is 11.9 Å². The number of carboxylic acid groups (broad SMARTS) is 1. The molecule has 6 heteroatoms. The Bertz CT molecular complexity index is 914. The standard InChI is InChI=1S/C24H26O6/c1-5-12-29-18-14-20(19(7-3)24(26)27)22(21(15-18)30-13-6-2)23(25)16-8-10-17(28-4)11-9-16/h5-6,8-11,14-15,19H,1-2,7,12-13H2,3-4H3,(H,26,27). The highest BCUT2D eigenvalue weighted by Crippen LogP contribution is 2.37. The monoisotopic (exact) mass is 410 g/mol. The van der Waals surface area contributed by atoms with E-state index in [9.17, 15) is 14.7 Å². The summed E-state index contributed by atoms with van der Waals surface area (Å²) in [4.78, 5) is 25.4. The number of carbonyl (C=O) groups excluding carboxylic acids is 1. The van der Waals surface area contributed by atoms with Crippen molar-refractivity contribution in [3.63, 3.8) is 0 Å². The number of ether oxygens (including phenoxy) is 3. The Morgan fingerprint density at radius 3 is 2.20 bits per heavy atom. The Morgan fingerprint density at radius 1 is 1.03 bits per heavy atom. The smallest absolute Gasteiger partial charge is 0.310 e. The third-order valence-corrected chi connectivity index (χ3v) is 4.49. The Kier molecular flexibility index (Phi) is 8.23. The number of carboxylic acids is 1. The van der Waals surface area contributed by atoms with Gasteiger partial charge in [-0.05, 0) is 42.3 Å². The molecule has 2 aromatic carbocycles. The van der Waals surface area contributed by atoms with E-state index in [0.717, 1.165) is 0 Å². The van der Waals surface area contributed by atoms with Gasteiger partial charge in [-0.1, -0.05) is 32.2 Å². The van der Waals surface area contributed by atoms with Gasteiger partial charge in [0.15, 0.2) is 5.78 Å². The van der Waals surface area contributed by atoms with Crippen molar-refractivity contribution in [1.29, 1.82) is 0 Å². The molecule has 0 saturated heterocycles. The molecule has 6 nitrogen and oxygen atoms in total. The minimum Gasteiger partial charge on any atom is -0.497 e. The predicted molar refractivity (Wildman–Crippen MR) is 115 cm³/mol. The molecule has 0 spiro atoms. The van der Waals surface area contributed by atoms with Crippen molar-refractivity contribution >= 4 is 11.8 Å². The molecule has 1 unspecified atom stereocenters. The molecule has 30 heavy (non-hydrogen) atoms. The first-order chi connectivity index (χ1) is 14.5. The van der Waals surface area contributed by atoms with Gasteiger partial charge < -0.3 is 19.3 Å². The van der Waals surface area contributed by atoms with Gasteiger partial charge in [-0.25, -0.2) is 0 Å². The van der Waals surface area contributed by atoms with Gasteiger partial charge in [-0.3, -0.25) is 9.59 Å². The molecular formula is C24H26O6. The molecular weight excluding hydrogens is 384 g/mol. The first-order valence-corrected chi connectivity index (χ1v) is 9.53. The van der Waals surface area contributed by atoms with Crippen LogP contribution in [-0.4, -0.2) is 37.2 Å². The normalized spacial score (nSPS) is 11.3. The summed E-state index contributed by atoms with van der Waals surface area (Å²) in [6.07, 6.45) is 3.42. The Hall–Kier alpha value is -3.54. The van der Waals surface area contributed by atoms with Gasteiger partial charge in [-0.2, -0.15) is 0 Å². The lowest BCUT2D eigenvalue weighted by Gasteiger charge is -2.20. The summed E-state index contributed by atoms with van der Waals surface area (Å²) in [5.74, 6) is -1.03. The number of rotatable bonds is 12. The highest BCUT2D eigenvalue weighted by atomic mass is 16.5. The highest BCUT2D eigenvalue weighted by molar-refractivity contribution is 6.12. The van der Waals surface area contributed by atoms with Crippen LogP contribution in [0.3, 0.4) is 0 Å². The topological polar surface area (TPSA) is 82.1 Å². The first-order valence-electron chi connectivity index (χ1n) is 9.53. The molecule has 158 valence electrons. The van der Waals surface area contributed by atoms with E-state index in [1.54, 1.807) is 55.5 Å². The van der Waals surface area contributed by atoms with E-state index in [1.165, 1.54) is 7.11 Å². The maximum absolute atomic E-state index is 13.4. The van der Waals surface area contributed by atoms with Crippen LogP contribution in [0.1, 0.15) is 40.7 Å². The molecule has 0 aliphatic rings. The number of methoxy groups -OCH3 is 1. The van der Waals surface area contributed by atoms with Crippen LogP contribution >= 0.6 is 0 Å². The Morgan fingerprint density at radius 2 is 1.67 bits per heavy atom. The quantitative estimate of drug-likeness (QED) is 0.406. The maximum atomic E-state index is 13.4. The number of benzene rings is 2.